The summed E-state index contributed by atoms with van der Waals surface area (Å²) in [6.45, 7) is 4.68. The van der Waals surface area contributed by atoms with Gasteiger partial charge in [-0.3, -0.25) is 14.2 Å². The van der Waals surface area contributed by atoms with E-state index in [9.17, 15) is 9.59 Å². The second kappa shape index (κ2) is 10.9. The molecule has 30 heavy (non-hydrogen) atoms. The lowest BCUT2D eigenvalue weighted by atomic mass is 10.1. The molecule has 1 heterocycles. The van der Waals surface area contributed by atoms with Gasteiger partial charge in [-0.1, -0.05) is 56.2 Å². The number of rotatable bonds is 11. The third kappa shape index (κ3) is 5.88. The summed E-state index contributed by atoms with van der Waals surface area (Å²) in [4.78, 5) is 30.1. The van der Waals surface area contributed by atoms with Crippen LogP contribution in [0.1, 0.15) is 68.8 Å². The second-order valence-electron chi connectivity index (χ2n) is 8.13. The van der Waals surface area contributed by atoms with Crippen LogP contribution in [0.25, 0.3) is 10.9 Å². The van der Waals surface area contributed by atoms with Crippen LogP contribution in [-0.4, -0.2) is 15.3 Å². The Kier molecular flexibility index (Phi) is 7.95. The van der Waals surface area contributed by atoms with Gasteiger partial charge in [0.1, 0.15) is 11.6 Å². The molecule has 4 nitrogen and oxygen atoms in total. The summed E-state index contributed by atoms with van der Waals surface area (Å²) in [5.41, 5.74) is 2.95. The number of benzene rings is 2. The number of aromatic nitrogens is 2. The Bertz CT molecular complexity index is 1040. The van der Waals surface area contributed by atoms with E-state index in [-0.39, 0.29) is 5.56 Å². The lowest BCUT2D eigenvalue weighted by Crippen LogP contribution is -2.26. The van der Waals surface area contributed by atoms with Crippen LogP contribution in [0.2, 0.25) is 0 Å². The summed E-state index contributed by atoms with van der Waals surface area (Å²) >= 11 is 0. The fourth-order valence-electron chi connectivity index (χ4n) is 3.80. The minimum absolute atomic E-state index is 0.00879. The number of carbonyl (C=O) groups is 1. The van der Waals surface area contributed by atoms with Gasteiger partial charge in [0.2, 0.25) is 0 Å². The maximum Gasteiger partial charge on any atom is 0.261 e. The molecule has 1 aromatic heterocycles. The van der Waals surface area contributed by atoms with Crippen LogP contribution in [0, 0.1) is 6.92 Å². The van der Waals surface area contributed by atoms with E-state index in [4.69, 9.17) is 4.98 Å². The maximum atomic E-state index is 13.2. The molecule has 0 radical (unpaired) electrons. The first-order chi connectivity index (χ1) is 14.6. The molecule has 3 aromatic rings. The van der Waals surface area contributed by atoms with Crippen molar-refractivity contribution < 1.29 is 4.79 Å². The average Bonchev–Trinajstić information content (AvgIpc) is 2.74. The van der Waals surface area contributed by atoms with Crippen molar-refractivity contribution in [3.63, 3.8) is 0 Å². The minimum Gasteiger partial charge on any atom is -0.300 e. The highest BCUT2D eigenvalue weighted by Crippen LogP contribution is 2.15. The molecule has 4 heteroatoms. The number of unbranched alkanes of at least 4 members (excludes halogenated alkanes) is 3. The monoisotopic (exact) mass is 404 g/mol. The standard InChI is InChI=1S/C26H32N2O2/c1-3-4-6-13-22(29)14-9-10-15-25-27-24-18-20(2)16-17-23(24)26(30)28(25)19-21-11-7-5-8-12-21/h5,7-8,11-12,16-18H,3-4,6,9-10,13-15,19H2,1-2H3. The Labute approximate surface area is 179 Å². The number of Topliss-reactive ketones (excluding diaryl/α,β-unsaturated/α-hetero) is 1. The molecule has 0 amide bonds. The summed E-state index contributed by atoms with van der Waals surface area (Å²) in [6.07, 6.45) is 6.98. The van der Waals surface area contributed by atoms with Gasteiger partial charge >= 0.3 is 0 Å². The topological polar surface area (TPSA) is 52.0 Å². The second-order valence-corrected chi connectivity index (χ2v) is 8.13. The van der Waals surface area contributed by atoms with Crippen molar-refractivity contribution in [1.82, 2.24) is 9.55 Å². The lowest BCUT2D eigenvalue weighted by Gasteiger charge is -2.14. The maximum absolute atomic E-state index is 13.2. The van der Waals surface area contributed by atoms with Gasteiger partial charge < -0.3 is 0 Å². The van der Waals surface area contributed by atoms with Crippen molar-refractivity contribution in [2.75, 3.05) is 0 Å². The van der Waals surface area contributed by atoms with Gasteiger partial charge in [0.25, 0.3) is 5.56 Å². The summed E-state index contributed by atoms with van der Waals surface area (Å²) in [5, 5.41) is 0.659. The molecule has 0 aliphatic carbocycles. The fourth-order valence-corrected chi connectivity index (χ4v) is 3.80. The van der Waals surface area contributed by atoms with Crippen LogP contribution in [0.15, 0.2) is 53.3 Å². The molecule has 0 bridgehead atoms. The molecule has 0 spiro atoms. The van der Waals surface area contributed by atoms with Crippen molar-refractivity contribution in [2.24, 2.45) is 0 Å². The normalized spacial score (nSPS) is 11.1. The number of nitrogens with zero attached hydrogens (tertiary/aromatic N) is 2. The van der Waals surface area contributed by atoms with Crippen molar-refractivity contribution in [3.05, 3.63) is 75.8 Å². The van der Waals surface area contributed by atoms with Crippen molar-refractivity contribution in [3.8, 4) is 0 Å². The Balaban J connectivity index is 1.76. The van der Waals surface area contributed by atoms with E-state index < -0.39 is 0 Å². The van der Waals surface area contributed by atoms with E-state index in [1.54, 1.807) is 4.57 Å². The zero-order valence-corrected chi connectivity index (χ0v) is 18.2. The molecular formula is C26H32N2O2. The molecule has 3 rings (SSSR count). The first-order valence-electron chi connectivity index (χ1n) is 11.1. The Morgan fingerprint density at radius 2 is 1.70 bits per heavy atom. The van der Waals surface area contributed by atoms with Gasteiger partial charge in [-0.05, 0) is 49.4 Å². The summed E-state index contributed by atoms with van der Waals surface area (Å²) in [5.74, 6) is 1.16. The van der Waals surface area contributed by atoms with Gasteiger partial charge in [0, 0.05) is 19.3 Å². The molecule has 0 unspecified atom stereocenters. The van der Waals surface area contributed by atoms with E-state index in [0.29, 0.717) is 37.0 Å². The molecule has 0 N–H and O–H groups in total. The predicted molar refractivity (Wildman–Crippen MR) is 123 cm³/mol. The highest BCUT2D eigenvalue weighted by atomic mass is 16.1. The Morgan fingerprint density at radius 3 is 2.43 bits per heavy atom. The first-order valence-corrected chi connectivity index (χ1v) is 11.1. The molecule has 2 aromatic carbocycles. The van der Waals surface area contributed by atoms with E-state index in [2.05, 4.69) is 6.92 Å². The van der Waals surface area contributed by atoms with E-state index >= 15 is 0 Å². The van der Waals surface area contributed by atoms with Gasteiger partial charge in [0.15, 0.2) is 0 Å². The highest BCUT2D eigenvalue weighted by molar-refractivity contribution is 5.78. The predicted octanol–water partition coefficient (Wildman–Crippen LogP) is 5.62. The van der Waals surface area contributed by atoms with Crippen LogP contribution in [0.4, 0.5) is 0 Å². The molecule has 0 atom stereocenters. The molecule has 0 aliphatic rings. The smallest absolute Gasteiger partial charge is 0.261 e. The molecule has 0 saturated carbocycles. The average molecular weight is 405 g/mol. The number of hydrogen-bond donors (Lipinski definition) is 0. The van der Waals surface area contributed by atoms with Crippen LogP contribution < -0.4 is 5.56 Å². The summed E-state index contributed by atoms with van der Waals surface area (Å²) in [6, 6.07) is 15.8. The molecular weight excluding hydrogens is 372 g/mol. The number of hydrogen-bond acceptors (Lipinski definition) is 3. The summed E-state index contributed by atoms with van der Waals surface area (Å²) < 4.78 is 1.80. The third-order valence-electron chi connectivity index (χ3n) is 5.54. The molecule has 0 fully saturated rings. The van der Waals surface area contributed by atoms with Crippen LogP contribution >= 0.6 is 0 Å². The number of fused-ring (bicyclic) bond motifs is 1. The lowest BCUT2D eigenvalue weighted by molar-refractivity contribution is -0.119. The molecule has 0 aliphatic heterocycles. The number of carbonyl (C=O) groups excluding carboxylic acids is 1. The minimum atomic E-state index is 0.00879. The summed E-state index contributed by atoms with van der Waals surface area (Å²) in [7, 11) is 0. The van der Waals surface area contributed by atoms with Crippen LogP contribution in [-0.2, 0) is 17.8 Å². The van der Waals surface area contributed by atoms with Crippen molar-refractivity contribution in [2.45, 2.75) is 71.8 Å². The van der Waals surface area contributed by atoms with E-state index in [1.165, 1.54) is 0 Å². The highest BCUT2D eigenvalue weighted by Gasteiger charge is 2.12. The quantitative estimate of drug-likeness (QED) is 0.390. The van der Waals surface area contributed by atoms with Gasteiger partial charge in [-0.2, -0.15) is 0 Å². The van der Waals surface area contributed by atoms with Gasteiger partial charge in [0.05, 0.1) is 17.4 Å². The van der Waals surface area contributed by atoms with Crippen molar-refractivity contribution >= 4 is 16.7 Å². The van der Waals surface area contributed by atoms with Crippen molar-refractivity contribution in [1.29, 1.82) is 0 Å². The zero-order valence-electron chi connectivity index (χ0n) is 18.2. The zero-order chi connectivity index (χ0) is 21.3. The molecule has 0 saturated heterocycles. The van der Waals surface area contributed by atoms with Crippen LogP contribution in [0.5, 0.6) is 0 Å². The Hall–Kier alpha value is -2.75. The number of aryl methyl sites for hydroxylation is 2. The van der Waals surface area contributed by atoms with Gasteiger partial charge in [-0.25, -0.2) is 4.98 Å². The van der Waals surface area contributed by atoms with Gasteiger partial charge in [-0.15, -0.1) is 0 Å². The van der Waals surface area contributed by atoms with E-state index in [1.807, 2.05) is 55.5 Å². The first kappa shape index (κ1) is 21.9. The number of ketones is 1. The SMILES string of the molecule is CCCCCC(=O)CCCCc1nc2cc(C)ccc2c(=O)n1Cc1ccccc1. The Morgan fingerprint density at radius 1 is 0.967 bits per heavy atom. The van der Waals surface area contributed by atoms with E-state index in [0.717, 1.165) is 54.6 Å². The molecule has 158 valence electrons. The fraction of sp³-hybridized carbons (Fsp3) is 0.423. The van der Waals surface area contributed by atoms with Crippen LogP contribution in [0.3, 0.4) is 0 Å². The third-order valence-corrected chi connectivity index (χ3v) is 5.54. The largest absolute Gasteiger partial charge is 0.300 e.